The highest BCUT2D eigenvalue weighted by atomic mass is 32.2. The van der Waals surface area contributed by atoms with E-state index in [0.29, 0.717) is 13.2 Å². The highest BCUT2D eigenvalue weighted by molar-refractivity contribution is 7.75. The minimum absolute atomic E-state index is 0.244. The van der Waals surface area contributed by atoms with E-state index >= 15 is 0 Å². The lowest BCUT2D eigenvalue weighted by Crippen LogP contribution is -2.19. The van der Waals surface area contributed by atoms with Gasteiger partial charge in [-0.25, -0.2) is 0 Å². The van der Waals surface area contributed by atoms with Crippen molar-refractivity contribution in [3.63, 3.8) is 0 Å². The number of benzene rings is 1. The van der Waals surface area contributed by atoms with Crippen molar-refractivity contribution in [3.8, 4) is 5.75 Å². The molecule has 0 spiro atoms. The van der Waals surface area contributed by atoms with Gasteiger partial charge in [-0.15, -0.1) is 0 Å². The van der Waals surface area contributed by atoms with Gasteiger partial charge in [0.15, 0.2) is 0 Å². The van der Waals surface area contributed by atoms with Crippen LogP contribution < -0.4 is 4.74 Å². The molecule has 4 nitrogen and oxygen atoms in total. The minimum Gasteiger partial charge on any atom is -0.491 e. The van der Waals surface area contributed by atoms with Crippen LogP contribution in [0.3, 0.4) is 0 Å². The molecule has 0 radical (unpaired) electrons. The Bertz CT molecular complexity index is 366. The Morgan fingerprint density at radius 1 is 1.60 bits per heavy atom. The Balaban J connectivity index is 1.85. The van der Waals surface area contributed by atoms with E-state index in [-0.39, 0.29) is 6.10 Å². The van der Waals surface area contributed by atoms with Crippen molar-refractivity contribution >= 4 is 11.4 Å². The standard InChI is InChI=1S/C10H12O4S/c1-8-3-2-4-9(5-8)12-6-10-7-13-15(11)14-10/h2-5,10H,6-7H2,1H3/t10-,15?/m1/s1. The van der Waals surface area contributed by atoms with Gasteiger partial charge in [0.25, 0.3) is 0 Å². The monoisotopic (exact) mass is 228 g/mol. The second-order valence-corrected chi connectivity index (χ2v) is 4.17. The zero-order valence-corrected chi connectivity index (χ0v) is 9.16. The summed E-state index contributed by atoms with van der Waals surface area (Å²) >= 11 is -1.60. The molecule has 1 fully saturated rings. The van der Waals surface area contributed by atoms with Crippen LogP contribution in [0.2, 0.25) is 0 Å². The van der Waals surface area contributed by atoms with E-state index in [0.717, 1.165) is 11.3 Å². The molecule has 0 aromatic heterocycles. The molecule has 2 atom stereocenters. The zero-order valence-electron chi connectivity index (χ0n) is 8.34. The first-order valence-electron chi connectivity index (χ1n) is 4.66. The largest absolute Gasteiger partial charge is 0.491 e. The van der Waals surface area contributed by atoms with Gasteiger partial charge < -0.3 is 4.74 Å². The van der Waals surface area contributed by atoms with Crippen LogP contribution in [0.5, 0.6) is 5.75 Å². The van der Waals surface area contributed by atoms with E-state index in [9.17, 15) is 4.21 Å². The minimum atomic E-state index is -1.60. The second-order valence-electron chi connectivity index (χ2n) is 3.33. The predicted octanol–water partition coefficient (Wildman–Crippen LogP) is 1.37. The van der Waals surface area contributed by atoms with Crippen LogP contribution in [0.1, 0.15) is 5.56 Å². The maximum Gasteiger partial charge on any atom is 0.305 e. The predicted molar refractivity (Wildman–Crippen MR) is 55.6 cm³/mol. The molecule has 0 saturated carbocycles. The van der Waals surface area contributed by atoms with Crippen LogP contribution in [0.25, 0.3) is 0 Å². The van der Waals surface area contributed by atoms with Gasteiger partial charge in [0.2, 0.25) is 0 Å². The number of aryl methyl sites for hydroxylation is 1. The first-order valence-corrected chi connectivity index (χ1v) is 5.66. The molecule has 82 valence electrons. The molecular formula is C10H12O4S. The third kappa shape index (κ3) is 3.02. The number of hydrogen-bond acceptors (Lipinski definition) is 4. The van der Waals surface area contributed by atoms with Crippen molar-refractivity contribution in [2.45, 2.75) is 13.0 Å². The highest BCUT2D eigenvalue weighted by Gasteiger charge is 2.23. The Hall–Kier alpha value is -0.910. The number of ether oxygens (including phenoxy) is 1. The van der Waals surface area contributed by atoms with Crippen molar-refractivity contribution in [1.29, 1.82) is 0 Å². The fraction of sp³-hybridized carbons (Fsp3) is 0.400. The van der Waals surface area contributed by atoms with Crippen molar-refractivity contribution < 1.29 is 17.3 Å². The van der Waals surface area contributed by atoms with Gasteiger partial charge in [-0.05, 0) is 24.6 Å². The molecule has 1 unspecified atom stereocenters. The second kappa shape index (κ2) is 4.74. The van der Waals surface area contributed by atoms with Crippen LogP contribution >= 0.6 is 0 Å². The first-order chi connectivity index (χ1) is 7.24. The van der Waals surface area contributed by atoms with Gasteiger partial charge >= 0.3 is 11.4 Å². The van der Waals surface area contributed by atoms with E-state index < -0.39 is 11.4 Å². The van der Waals surface area contributed by atoms with Crippen molar-refractivity contribution in [2.75, 3.05) is 13.2 Å². The summed E-state index contributed by atoms with van der Waals surface area (Å²) in [4.78, 5) is 0. The van der Waals surface area contributed by atoms with Crippen LogP contribution in [0.15, 0.2) is 24.3 Å². The van der Waals surface area contributed by atoms with Gasteiger partial charge in [0.1, 0.15) is 18.5 Å². The maximum absolute atomic E-state index is 10.7. The summed E-state index contributed by atoms with van der Waals surface area (Å²) in [5.74, 6) is 0.788. The van der Waals surface area contributed by atoms with E-state index in [1.165, 1.54) is 0 Å². The van der Waals surface area contributed by atoms with Crippen LogP contribution in [-0.2, 0) is 19.7 Å². The summed E-state index contributed by atoms with van der Waals surface area (Å²) in [6.45, 7) is 2.67. The summed E-state index contributed by atoms with van der Waals surface area (Å²) in [7, 11) is 0. The normalized spacial score (nSPS) is 25.4. The first kappa shape index (κ1) is 10.6. The fourth-order valence-corrected chi connectivity index (χ4v) is 1.92. The third-order valence-corrected chi connectivity index (χ3v) is 2.75. The van der Waals surface area contributed by atoms with Crippen molar-refractivity contribution in [1.82, 2.24) is 0 Å². The van der Waals surface area contributed by atoms with Crippen molar-refractivity contribution in [2.24, 2.45) is 0 Å². The molecule has 1 saturated heterocycles. The Kier molecular flexibility index (Phi) is 3.35. The van der Waals surface area contributed by atoms with E-state index in [4.69, 9.17) is 13.1 Å². The topological polar surface area (TPSA) is 44.8 Å². The van der Waals surface area contributed by atoms with Gasteiger partial charge in [-0.2, -0.15) is 4.21 Å². The lowest BCUT2D eigenvalue weighted by atomic mass is 10.2. The van der Waals surface area contributed by atoms with Gasteiger partial charge in [-0.3, -0.25) is 8.37 Å². The Morgan fingerprint density at radius 3 is 3.13 bits per heavy atom. The molecule has 1 heterocycles. The molecule has 5 heteroatoms. The van der Waals surface area contributed by atoms with Gasteiger partial charge in [-0.1, -0.05) is 12.1 Å². The molecule has 1 aliphatic heterocycles. The summed E-state index contributed by atoms with van der Waals surface area (Å²) in [5, 5.41) is 0. The SMILES string of the molecule is Cc1cccc(OC[C@@H]2COS(=O)O2)c1. The summed E-state index contributed by atoms with van der Waals surface area (Å²) in [5.41, 5.74) is 1.14. The van der Waals surface area contributed by atoms with Crippen LogP contribution in [0.4, 0.5) is 0 Å². The average Bonchev–Trinajstić information content (AvgIpc) is 2.62. The molecule has 1 aromatic rings. The molecule has 1 aliphatic rings. The van der Waals surface area contributed by atoms with Gasteiger partial charge in [0, 0.05) is 0 Å². The van der Waals surface area contributed by atoms with Crippen LogP contribution in [0, 0.1) is 6.92 Å². The number of hydrogen-bond donors (Lipinski definition) is 0. The molecular weight excluding hydrogens is 216 g/mol. The lowest BCUT2D eigenvalue weighted by Gasteiger charge is -2.09. The highest BCUT2D eigenvalue weighted by Crippen LogP contribution is 2.15. The van der Waals surface area contributed by atoms with Crippen LogP contribution in [-0.4, -0.2) is 23.5 Å². The molecule has 2 rings (SSSR count). The summed E-state index contributed by atoms with van der Waals surface area (Å²) < 4.78 is 25.9. The Labute approximate surface area is 91.0 Å². The Morgan fingerprint density at radius 2 is 2.47 bits per heavy atom. The van der Waals surface area contributed by atoms with Crippen molar-refractivity contribution in [3.05, 3.63) is 29.8 Å². The molecule has 0 N–H and O–H groups in total. The smallest absolute Gasteiger partial charge is 0.305 e. The van der Waals surface area contributed by atoms with Gasteiger partial charge in [0.05, 0.1) is 6.61 Å². The molecule has 1 aromatic carbocycles. The number of rotatable bonds is 3. The molecule has 0 bridgehead atoms. The average molecular weight is 228 g/mol. The third-order valence-electron chi connectivity index (χ3n) is 1.99. The zero-order chi connectivity index (χ0) is 10.7. The summed E-state index contributed by atoms with van der Waals surface area (Å²) in [6, 6.07) is 7.73. The quantitative estimate of drug-likeness (QED) is 0.783. The van der Waals surface area contributed by atoms with E-state index in [1.807, 2.05) is 31.2 Å². The van der Waals surface area contributed by atoms with E-state index in [2.05, 4.69) is 0 Å². The summed E-state index contributed by atoms with van der Waals surface area (Å²) in [6.07, 6.45) is -0.244. The fourth-order valence-electron chi connectivity index (χ4n) is 1.27. The lowest BCUT2D eigenvalue weighted by molar-refractivity contribution is 0.151. The molecule has 0 aliphatic carbocycles. The van der Waals surface area contributed by atoms with E-state index in [1.54, 1.807) is 0 Å². The molecule has 15 heavy (non-hydrogen) atoms. The maximum atomic E-state index is 10.7. The molecule has 0 amide bonds.